The van der Waals surface area contributed by atoms with Crippen LogP contribution in [0.2, 0.25) is 0 Å². The monoisotopic (exact) mass is 472 g/mol. The summed E-state index contributed by atoms with van der Waals surface area (Å²) in [5.74, 6) is 1.87. The van der Waals surface area contributed by atoms with Crippen LogP contribution in [0.15, 0.2) is 30.9 Å². The number of nitrogens with one attached hydrogen (secondary N) is 1. The zero-order valence-corrected chi connectivity index (χ0v) is 20.6. The topological polar surface area (TPSA) is 130 Å². The first-order chi connectivity index (χ1) is 16.3. The fraction of sp³-hybridized carbons (Fsp3) is 0.542. The number of nitrogens with zero attached hydrogens (tertiary/aromatic N) is 4. The van der Waals surface area contributed by atoms with Crippen LogP contribution < -0.4 is 20.5 Å². The molecule has 10 nitrogen and oxygen atoms in total. The summed E-state index contributed by atoms with van der Waals surface area (Å²) in [5, 5.41) is 12.0. The highest BCUT2D eigenvalue weighted by molar-refractivity contribution is 5.82. The van der Waals surface area contributed by atoms with Gasteiger partial charge in [0.25, 0.3) is 0 Å². The normalized spacial score (nSPS) is 17.9. The molecule has 2 atom stereocenters. The summed E-state index contributed by atoms with van der Waals surface area (Å²) in [6.07, 6.45) is 6.82. The van der Waals surface area contributed by atoms with Gasteiger partial charge in [-0.3, -0.25) is 0 Å². The summed E-state index contributed by atoms with van der Waals surface area (Å²) in [4.78, 5) is 13.5. The van der Waals surface area contributed by atoms with Gasteiger partial charge in [-0.15, -0.1) is 0 Å². The molecule has 0 saturated heterocycles. The van der Waals surface area contributed by atoms with Crippen LogP contribution in [0.5, 0.6) is 11.5 Å². The van der Waals surface area contributed by atoms with Crippen molar-refractivity contribution in [2.45, 2.75) is 51.5 Å². The molecule has 0 amide bonds. The molecule has 2 aromatic heterocycles. The molecule has 1 fully saturated rings. The van der Waals surface area contributed by atoms with E-state index in [2.05, 4.69) is 29.6 Å². The largest absolute Gasteiger partial charge is 0.497 e. The van der Waals surface area contributed by atoms with Gasteiger partial charge in [0.15, 0.2) is 17.3 Å². The van der Waals surface area contributed by atoms with Gasteiger partial charge in [-0.2, -0.15) is 0 Å². The maximum atomic E-state index is 8.60. The minimum absolute atomic E-state index is 0.406. The zero-order valence-electron chi connectivity index (χ0n) is 20.6. The molecule has 2 unspecified atom stereocenters. The van der Waals surface area contributed by atoms with Crippen molar-refractivity contribution in [1.29, 1.82) is 0 Å². The number of aliphatic hydroxyl groups is 1. The lowest BCUT2D eigenvalue weighted by Crippen LogP contribution is -2.20. The van der Waals surface area contributed by atoms with Crippen molar-refractivity contribution < 1.29 is 19.3 Å². The van der Waals surface area contributed by atoms with E-state index in [1.165, 1.54) is 7.11 Å². The number of anilines is 1. The van der Waals surface area contributed by atoms with Crippen LogP contribution in [-0.4, -0.2) is 58.3 Å². The lowest BCUT2D eigenvalue weighted by Gasteiger charge is -2.13. The highest BCUT2D eigenvalue weighted by atomic mass is 16.6. The Morgan fingerprint density at radius 2 is 1.91 bits per heavy atom. The molecule has 0 aliphatic heterocycles. The van der Waals surface area contributed by atoms with E-state index in [1.807, 2.05) is 24.5 Å². The molecule has 10 heteroatoms. The van der Waals surface area contributed by atoms with Crippen LogP contribution in [0.3, 0.4) is 0 Å². The summed E-state index contributed by atoms with van der Waals surface area (Å²) in [7, 11) is 4.75. The predicted octanol–water partition coefficient (Wildman–Crippen LogP) is 3.12. The number of ether oxygens (including phenoxy) is 3. The molecule has 3 aromatic rings. The Hall–Kier alpha value is -2.95. The number of hydrogen-bond donors (Lipinski definition) is 3. The van der Waals surface area contributed by atoms with E-state index in [-0.39, 0.29) is 0 Å². The van der Waals surface area contributed by atoms with E-state index in [0.29, 0.717) is 18.5 Å². The Kier molecular flexibility index (Phi) is 8.65. The zero-order chi connectivity index (χ0) is 24.7. The highest BCUT2D eigenvalue weighted by Gasteiger charge is 2.26. The Morgan fingerprint density at radius 1 is 1.15 bits per heavy atom. The van der Waals surface area contributed by atoms with Gasteiger partial charge in [-0.25, -0.2) is 15.0 Å². The average molecular weight is 473 g/mol. The molecule has 2 heterocycles. The van der Waals surface area contributed by atoms with Crippen molar-refractivity contribution in [1.82, 2.24) is 19.5 Å². The molecule has 1 aliphatic rings. The lowest BCUT2D eigenvalue weighted by atomic mass is 10.1. The molecule has 0 spiro atoms. The molecular formula is C24H36N6O4. The standard InChI is InChI=1S/C20H26N6O2.C4H10O2/c1-27-16-6-4-14(17(8-16)28-2)10-22-19-18-20(24-11-23-19)26(12-25-18)15-5-3-13(7-15)9-21;1-4(2,5)6-3/h4,6,8,11-13,15H,3,5,7,9-10,21H2,1-2H3,(H,22,23,24);5H,1-3H3. The number of benzene rings is 1. The van der Waals surface area contributed by atoms with Crippen LogP contribution >= 0.6 is 0 Å². The maximum absolute atomic E-state index is 8.60. The van der Waals surface area contributed by atoms with E-state index in [4.69, 9.17) is 20.3 Å². The number of hydrogen-bond acceptors (Lipinski definition) is 9. The number of fused-ring (bicyclic) bond motifs is 1. The Balaban J connectivity index is 0.000000481. The molecule has 1 saturated carbocycles. The third-order valence-electron chi connectivity index (χ3n) is 6.04. The minimum atomic E-state index is -0.958. The number of aromatic nitrogens is 4. The second-order valence-corrected chi connectivity index (χ2v) is 8.80. The van der Waals surface area contributed by atoms with Crippen LogP contribution in [0, 0.1) is 5.92 Å². The van der Waals surface area contributed by atoms with Gasteiger partial charge in [0.05, 0.1) is 20.5 Å². The van der Waals surface area contributed by atoms with Crippen molar-refractivity contribution in [2.24, 2.45) is 11.7 Å². The quantitative estimate of drug-likeness (QED) is 0.423. The summed E-state index contributed by atoms with van der Waals surface area (Å²) < 4.78 is 17.4. The second kappa shape index (κ2) is 11.5. The van der Waals surface area contributed by atoms with Gasteiger partial charge in [-0.05, 0) is 57.7 Å². The second-order valence-electron chi connectivity index (χ2n) is 8.80. The van der Waals surface area contributed by atoms with Gasteiger partial charge in [0.1, 0.15) is 23.3 Å². The van der Waals surface area contributed by atoms with Gasteiger partial charge < -0.3 is 34.9 Å². The molecule has 0 bridgehead atoms. The number of nitrogens with two attached hydrogens (primary N) is 1. The third kappa shape index (κ3) is 6.34. The smallest absolute Gasteiger partial charge is 0.165 e. The summed E-state index contributed by atoms with van der Waals surface area (Å²) in [5.41, 5.74) is 8.50. The van der Waals surface area contributed by atoms with E-state index in [1.54, 1.807) is 34.4 Å². The van der Waals surface area contributed by atoms with E-state index >= 15 is 0 Å². The highest BCUT2D eigenvalue weighted by Crippen LogP contribution is 2.36. The molecule has 34 heavy (non-hydrogen) atoms. The van der Waals surface area contributed by atoms with E-state index in [9.17, 15) is 0 Å². The first-order valence-electron chi connectivity index (χ1n) is 11.4. The molecule has 1 aliphatic carbocycles. The van der Waals surface area contributed by atoms with Crippen LogP contribution in [0.1, 0.15) is 44.7 Å². The van der Waals surface area contributed by atoms with Crippen molar-refractivity contribution in [3.05, 3.63) is 36.4 Å². The van der Waals surface area contributed by atoms with Crippen LogP contribution in [0.25, 0.3) is 11.2 Å². The SMILES string of the molecule is COC(C)(C)O.COc1ccc(CNc2ncnc3c2ncn3C2CCC(CN)C2)c(OC)c1. The summed E-state index contributed by atoms with van der Waals surface area (Å²) in [6.45, 7) is 4.46. The van der Waals surface area contributed by atoms with E-state index < -0.39 is 5.79 Å². The molecule has 4 N–H and O–H groups in total. The third-order valence-corrected chi connectivity index (χ3v) is 6.04. The lowest BCUT2D eigenvalue weighted by molar-refractivity contribution is -0.155. The molecule has 4 rings (SSSR count). The maximum Gasteiger partial charge on any atom is 0.165 e. The minimum Gasteiger partial charge on any atom is -0.497 e. The molecule has 0 radical (unpaired) electrons. The fourth-order valence-electron chi connectivity index (χ4n) is 3.94. The van der Waals surface area contributed by atoms with Crippen molar-refractivity contribution >= 4 is 17.0 Å². The van der Waals surface area contributed by atoms with Crippen molar-refractivity contribution in [3.63, 3.8) is 0 Å². The Labute approximate surface area is 200 Å². The van der Waals surface area contributed by atoms with Crippen molar-refractivity contribution in [3.8, 4) is 11.5 Å². The summed E-state index contributed by atoms with van der Waals surface area (Å²) >= 11 is 0. The number of rotatable bonds is 8. The number of imidazole rings is 1. The Bertz CT molecular complexity index is 1070. The van der Waals surface area contributed by atoms with Gasteiger partial charge in [-0.1, -0.05) is 0 Å². The predicted molar refractivity (Wildman–Crippen MR) is 131 cm³/mol. The Morgan fingerprint density at radius 3 is 2.53 bits per heavy atom. The number of methoxy groups -OCH3 is 3. The van der Waals surface area contributed by atoms with Gasteiger partial charge in [0.2, 0.25) is 0 Å². The van der Waals surface area contributed by atoms with E-state index in [0.717, 1.165) is 59.9 Å². The van der Waals surface area contributed by atoms with Crippen LogP contribution in [-0.2, 0) is 11.3 Å². The molecule has 186 valence electrons. The fourth-order valence-corrected chi connectivity index (χ4v) is 3.94. The summed E-state index contributed by atoms with van der Waals surface area (Å²) in [6, 6.07) is 6.17. The molecule has 1 aromatic carbocycles. The van der Waals surface area contributed by atoms with Gasteiger partial charge >= 0.3 is 0 Å². The molecular weight excluding hydrogens is 436 g/mol. The van der Waals surface area contributed by atoms with Crippen LogP contribution in [0.4, 0.5) is 5.82 Å². The van der Waals surface area contributed by atoms with Crippen molar-refractivity contribution in [2.75, 3.05) is 33.2 Å². The average Bonchev–Trinajstić information content (AvgIpc) is 3.49. The first kappa shape index (κ1) is 25.7. The van der Waals surface area contributed by atoms with Gasteiger partial charge in [0, 0.05) is 31.3 Å². The first-order valence-corrected chi connectivity index (χ1v) is 11.4.